The van der Waals surface area contributed by atoms with Crippen molar-refractivity contribution in [3.05, 3.63) is 15.6 Å². The second-order valence-electron chi connectivity index (χ2n) is 7.09. The third-order valence-corrected chi connectivity index (χ3v) is 5.72. The van der Waals surface area contributed by atoms with Crippen LogP contribution in [0, 0.1) is 18.3 Å². The van der Waals surface area contributed by atoms with Crippen molar-refractivity contribution in [2.75, 3.05) is 6.61 Å². The summed E-state index contributed by atoms with van der Waals surface area (Å²) in [7, 11) is 0. The number of ether oxygens (including phenoxy) is 1. The number of hydrogen-bond acceptors (Lipinski definition) is 4. The zero-order chi connectivity index (χ0) is 15.6. The first-order valence-corrected chi connectivity index (χ1v) is 8.79. The predicted molar refractivity (Wildman–Crippen MR) is 87.0 cm³/mol. The van der Waals surface area contributed by atoms with Gasteiger partial charge in [0.25, 0.3) is 0 Å². The molecule has 0 aromatic carbocycles. The molecule has 0 N–H and O–H groups in total. The number of rotatable bonds is 3. The molecule has 0 saturated heterocycles. The second-order valence-corrected chi connectivity index (χ2v) is 8.33. The molecule has 1 aromatic rings. The maximum absolute atomic E-state index is 11.9. The lowest BCUT2D eigenvalue weighted by Gasteiger charge is -2.36. The smallest absolute Gasteiger partial charge is 0.358 e. The first-order valence-electron chi connectivity index (χ1n) is 7.97. The molecule has 1 aromatic heterocycles. The average Bonchev–Trinajstić information content (AvgIpc) is 2.80. The van der Waals surface area contributed by atoms with Crippen LogP contribution < -0.4 is 0 Å². The van der Waals surface area contributed by atoms with Crippen molar-refractivity contribution in [1.82, 2.24) is 4.98 Å². The summed E-state index contributed by atoms with van der Waals surface area (Å²) in [5, 5.41) is 1.13. The van der Waals surface area contributed by atoms with Crippen LogP contribution in [0.15, 0.2) is 0 Å². The van der Waals surface area contributed by atoms with Gasteiger partial charge in [0.2, 0.25) is 0 Å². The van der Waals surface area contributed by atoms with E-state index in [9.17, 15) is 4.79 Å². The van der Waals surface area contributed by atoms with Gasteiger partial charge in [-0.3, -0.25) is 0 Å². The van der Waals surface area contributed by atoms with Crippen LogP contribution in [0.2, 0.25) is 0 Å². The zero-order valence-electron chi connectivity index (χ0n) is 13.9. The number of carbonyl (C=O) groups is 1. The van der Waals surface area contributed by atoms with Gasteiger partial charge in [-0.25, -0.2) is 9.78 Å². The monoisotopic (exact) mass is 309 g/mol. The lowest BCUT2D eigenvalue weighted by Crippen LogP contribution is -2.25. The maximum Gasteiger partial charge on any atom is 0.358 e. The molecule has 1 fully saturated rings. The van der Waals surface area contributed by atoms with Gasteiger partial charge in [-0.1, -0.05) is 20.8 Å². The number of nitrogens with zero attached hydrogens (tertiary/aromatic N) is 1. The largest absolute Gasteiger partial charge is 0.461 e. The first kappa shape index (κ1) is 16.5. The summed E-state index contributed by atoms with van der Waals surface area (Å²) >= 11 is 1.67. The molecule has 1 aliphatic rings. The molecule has 118 valence electrons. The van der Waals surface area contributed by atoms with Crippen molar-refractivity contribution in [3.63, 3.8) is 0 Å². The predicted octanol–water partition coefficient (Wildman–Crippen LogP) is 4.95. The normalized spacial score (nSPS) is 23.1. The van der Waals surface area contributed by atoms with E-state index in [-0.39, 0.29) is 5.97 Å². The van der Waals surface area contributed by atoms with E-state index in [2.05, 4.69) is 25.8 Å². The van der Waals surface area contributed by atoms with Crippen molar-refractivity contribution in [2.24, 2.45) is 11.3 Å². The summed E-state index contributed by atoms with van der Waals surface area (Å²) in [4.78, 5) is 17.4. The van der Waals surface area contributed by atoms with Crippen molar-refractivity contribution in [3.8, 4) is 0 Å². The minimum absolute atomic E-state index is 0.277. The Bertz CT molecular complexity index is 493. The molecule has 4 heteroatoms. The minimum Gasteiger partial charge on any atom is -0.461 e. The molecule has 0 spiro atoms. The molecular formula is C17H27NO2S. The standard InChI is InChI=1S/C17H27NO2S/c1-6-20-16(19)14-11(2)21-15(18-14)12-7-9-13(10-8-12)17(3,4)5/h12-13H,6-10H2,1-5H3. The van der Waals surface area contributed by atoms with E-state index in [4.69, 9.17) is 4.74 Å². The Morgan fingerprint density at radius 2 is 1.90 bits per heavy atom. The van der Waals surface area contributed by atoms with Gasteiger partial charge in [0, 0.05) is 10.8 Å². The van der Waals surface area contributed by atoms with Crippen LogP contribution in [-0.2, 0) is 4.74 Å². The molecule has 3 nitrogen and oxygen atoms in total. The Labute approximate surface area is 132 Å². The van der Waals surface area contributed by atoms with Gasteiger partial charge in [-0.2, -0.15) is 0 Å². The lowest BCUT2D eigenvalue weighted by molar-refractivity contribution is 0.0519. The van der Waals surface area contributed by atoms with Crippen LogP contribution in [0.5, 0.6) is 0 Å². The highest BCUT2D eigenvalue weighted by atomic mass is 32.1. The third kappa shape index (κ3) is 3.85. The van der Waals surface area contributed by atoms with Crippen LogP contribution in [0.3, 0.4) is 0 Å². The van der Waals surface area contributed by atoms with E-state index in [0.29, 0.717) is 23.6 Å². The Morgan fingerprint density at radius 3 is 2.43 bits per heavy atom. The molecule has 0 bridgehead atoms. The average molecular weight is 309 g/mol. The molecule has 1 saturated carbocycles. The number of thiazole rings is 1. The Morgan fingerprint density at radius 1 is 1.29 bits per heavy atom. The van der Waals surface area contributed by atoms with Gasteiger partial charge >= 0.3 is 5.97 Å². The Hall–Kier alpha value is -0.900. The summed E-state index contributed by atoms with van der Waals surface area (Å²) in [5.41, 5.74) is 0.926. The first-order chi connectivity index (χ1) is 9.82. The fraction of sp³-hybridized carbons (Fsp3) is 0.765. The lowest BCUT2D eigenvalue weighted by atomic mass is 9.70. The van der Waals surface area contributed by atoms with Gasteiger partial charge in [0.05, 0.1) is 11.6 Å². The highest BCUT2D eigenvalue weighted by Crippen LogP contribution is 2.44. The zero-order valence-corrected chi connectivity index (χ0v) is 14.7. The molecule has 0 unspecified atom stereocenters. The Balaban J connectivity index is 2.04. The van der Waals surface area contributed by atoms with Crippen molar-refractivity contribution < 1.29 is 9.53 Å². The highest BCUT2D eigenvalue weighted by molar-refractivity contribution is 7.12. The third-order valence-electron chi connectivity index (χ3n) is 4.58. The van der Waals surface area contributed by atoms with Crippen molar-refractivity contribution in [2.45, 2.75) is 66.2 Å². The van der Waals surface area contributed by atoms with E-state index in [1.807, 2.05) is 13.8 Å². The van der Waals surface area contributed by atoms with Crippen LogP contribution in [0.1, 0.15) is 79.7 Å². The van der Waals surface area contributed by atoms with Crippen molar-refractivity contribution in [1.29, 1.82) is 0 Å². The second kappa shape index (κ2) is 6.47. The minimum atomic E-state index is -0.277. The molecule has 21 heavy (non-hydrogen) atoms. The summed E-state index contributed by atoms with van der Waals surface area (Å²) < 4.78 is 5.08. The highest BCUT2D eigenvalue weighted by Gasteiger charge is 2.32. The van der Waals surface area contributed by atoms with Gasteiger partial charge in [0.15, 0.2) is 5.69 Å². The molecule has 0 atom stereocenters. The maximum atomic E-state index is 11.9. The number of esters is 1. The number of carbonyl (C=O) groups excluding carboxylic acids is 1. The van der Waals surface area contributed by atoms with E-state index >= 15 is 0 Å². The molecule has 1 heterocycles. The molecular weight excluding hydrogens is 282 g/mol. The molecule has 2 rings (SSSR count). The van der Waals surface area contributed by atoms with E-state index in [1.165, 1.54) is 25.7 Å². The van der Waals surface area contributed by atoms with Crippen LogP contribution in [0.25, 0.3) is 0 Å². The van der Waals surface area contributed by atoms with Crippen LogP contribution >= 0.6 is 11.3 Å². The van der Waals surface area contributed by atoms with E-state index in [0.717, 1.165) is 15.8 Å². The summed E-state index contributed by atoms with van der Waals surface area (Å²) in [5.74, 6) is 1.05. The SMILES string of the molecule is CCOC(=O)c1nc(C2CCC(C(C)(C)C)CC2)sc1C. The summed E-state index contributed by atoms with van der Waals surface area (Å²) in [6.45, 7) is 11.2. The van der Waals surface area contributed by atoms with Gasteiger partial charge < -0.3 is 4.74 Å². The number of hydrogen-bond donors (Lipinski definition) is 0. The topological polar surface area (TPSA) is 39.2 Å². The van der Waals surface area contributed by atoms with Gasteiger partial charge in [-0.05, 0) is 50.9 Å². The van der Waals surface area contributed by atoms with Crippen LogP contribution in [-0.4, -0.2) is 17.6 Å². The molecule has 1 aliphatic carbocycles. The Kier molecular flexibility index (Phi) is 5.07. The van der Waals surface area contributed by atoms with Crippen molar-refractivity contribution >= 4 is 17.3 Å². The number of aryl methyl sites for hydroxylation is 1. The van der Waals surface area contributed by atoms with Gasteiger partial charge in [0.1, 0.15) is 0 Å². The van der Waals surface area contributed by atoms with E-state index < -0.39 is 0 Å². The summed E-state index contributed by atoms with van der Waals surface area (Å²) in [6, 6.07) is 0. The van der Waals surface area contributed by atoms with E-state index in [1.54, 1.807) is 11.3 Å². The fourth-order valence-electron chi connectivity index (χ4n) is 3.19. The molecule has 0 aliphatic heterocycles. The fourth-order valence-corrected chi connectivity index (χ4v) is 4.27. The molecule has 0 amide bonds. The number of aromatic nitrogens is 1. The molecule has 0 radical (unpaired) electrons. The van der Waals surface area contributed by atoms with Gasteiger partial charge in [-0.15, -0.1) is 11.3 Å². The van der Waals surface area contributed by atoms with Crippen LogP contribution in [0.4, 0.5) is 0 Å². The quantitative estimate of drug-likeness (QED) is 0.742. The summed E-state index contributed by atoms with van der Waals surface area (Å²) in [6.07, 6.45) is 4.91.